The van der Waals surface area contributed by atoms with Gasteiger partial charge in [-0.1, -0.05) is 49.2 Å². The van der Waals surface area contributed by atoms with Gasteiger partial charge in [0.1, 0.15) is 0 Å². The SMILES string of the molecule is CCP(=O)(O)C(C)CCP(C(=O)c1c(C)cc(C)cc1C)C(=O)c1c(C)cc(C)cc1C. The summed E-state index contributed by atoms with van der Waals surface area (Å²) in [6, 6.07) is 7.90. The second kappa shape index (κ2) is 10.6. The van der Waals surface area contributed by atoms with Crippen molar-refractivity contribution in [2.45, 2.75) is 67.5 Å². The van der Waals surface area contributed by atoms with Crippen LogP contribution in [0.25, 0.3) is 0 Å². The molecule has 0 aliphatic carbocycles. The quantitative estimate of drug-likeness (QED) is 0.395. The minimum Gasteiger partial charge on any atom is -0.344 e. The molecule has 6 heteroatoms. The van der Waals surface area contributed by atoms with Gasteiger partial charge in [0, 0.05) is 30.9 Å². The smallest absolute Gasteiger partial charge is 0.203 e. The van der Waals surface area contributed by atoms with Crippen LogP contribution in [-0.4, -0.2) is 33.9 Å². The molecule has 0 saturated carbocycles. The molecule has 2 aromatic carbocycles. The van der Waals surface area contributed by atoms with Crippen molar-refractivity contribution in [1.29, 1.82) is 0 Å². The third-order valence-corrected chi connectivity index (χ3v) is 10.9. The summed E-state index contributed by atoms with van der Waals surface area (Å²) >= 11 is 0. The van der Waals surface area contributed by atoms with Crippen molar-refractivity contribution >= 4 is 26.3 Å². The molecular formula is C26H36O4P2. The lowest BCUT2D eigenvalue weighted by atomic mass is 10.0. The van der Waals surface area contributed by atoms with Crippen LogP contribution in [-0.2, 0) is 4.57 Å². The van der Waals surface area contributed by atoms with E-state index in [9.17, 15) is 19.0 Å². The van der Waals surface area contributed by atoms with Gasteiger partial charge in [-0.3, -0.25) is 14.2 Å². The number of benzene rings is 2. The molecule has 4 nitrogen and oxygen atoms in total. The van der Waals surface area contributed by atoms with E-state index in [0.29, 0.717) is 23.7 Å². The fourth-order valence-electron chi connectivity index (χ4n) is 4.43. The average Bonchev–Trinajstić information content (AvgIpc) is 2.66. The second-order valence-electron chi connectivity index (χ2n) is 9.02. The Morgan fingerprint density at radius 1 is 0.844 bits per heavy atom. The van der Waals surface area contributed by atoms with Crippen LogP contribution < -0.4 is 0 Å². The molecule has 0 heterocycles. The van der Waals surface area contributed by atoms with Gasteiger partial charge in [0.05, 0.1) is 0 Å². The van der Waals surface area contributed by atoms with Crippen molar-refractivity contribution in [3.8, 4) is 0 Å². The Hall–Kier alpha value is -1.60. The molecule has 0 aromatic heterocycles. The van der Waals surface area contributed by atoms with E-state index >= 15 is 0 Å². The van der Waals surface area contributed by atoms with Crippen LogP contribution >= 0.6 is 15.3 Å². The summed E-state index contributed by atoms with van der Waals surface area (Å²) in [5.74, 6) is 0. The van der Waals surface area contributed by atoms with Gasteiger partial charge in [-0.2, -0.15) is 0 Å². The zero-order valence-corrected chi connectivity index (χ0v) is 22.4. The lowest BCUT2D eigenvalue weighted by molar-refractivity contribution is 0.105. The fourth-order valence-corrected chi connectivity index (χ4v) is 8.27. The Bertz CT molecular complexity index is 972. The number of aryl methyl sites for hydroxylation is 6. The minimum atomic E-state index is -3.29. The van der Waals surface area contributed by atoms with Crippen molar-refractivity contribution in [1.82, 2.24) is 0 Å². The Morgan fingerprint density at radius 3 is 1.50 bits per heavy atom. The normalized spacial score (nSPS) is 14.3. The summed E-state index contributed by atoms with van der Waals surface area (Å²) in [4.78, 5) is 37.9. The molecule has 2 unspecified atom stereocenters. The van der Waals surface area contributed by atoms with Crippen molar-refractivity contribution < 1.29 is 19.0 Å². The summed E-state index contributed by atoms with van der Waals surface area (Å²) in [6.07, 6.45) is 0.886. The summed E-state index contributed by atoms with van der Waals surface area (Å²) < 4.78 is 12.5. The highest BCUT2D eigenvalue weighted by Crippen LogP contribution is 2.51. The topological polar surface area (TPSA) is 71.4 Å². The summed E-state index contributed by atoms with van der Waals surface area (Å²) in [6.45, 7) is 15.1. The molecule has 2 rings (SSSR count). The van der Waals surface area contributed by atoms with Crippen LogP contribution in [0.4, 0.5) is 0 Å². The highest BCUT2D eigenvalue weighted by atomic mass is 31.2. The first-order valence-corrected chi connectivity index (χ1v) is 14.6. The fraction of sp³-hybridized carbons (Fsp3) is 0.462. The molecule has 174 valence electrons. The van der Waals surface area contributed by atoms with E-state index in [1.165, 1.54) is 0 Å². The molecule has 0 aliphatic heterocycles. The molecule has 32 heavy (non-hydrogen) atoms. The zero-order chi connectivity index (χ0) is 24.4. The number of carbonyl (C=O) groups excluding carboxylic acids is 2. The maximum Gasteiger partial charge on any atom is 0.203 e. The van der Waals surface area contributed by atoms with Crippen LogP contribution in [0.15, 0.2) is 24.3 Å². The van der Waals surface area contributed by atoms with Crippen LogP contribution in [0, 0.1) is 41.5 Å². The summed E-state index contributed by atoms with van der Waals surface area (Å²) in [7, 11) is -5.00. The highest BCUT2D eigenvalue weighted by molar-refractivity contribution is 7.90. The number of hydrogen-bond acceptors (Lipinski definition) is 3. The molecule has 0 fully saturated rings. The lowest BCUT2D eigenvalue weighted by Gasteiger charge is -2.23. The van der Waals surface area contributed by atoms with Crippen LogP contribution in [0.2, 0.25) is 0 Å². The number of hydrogen-bond donors (Lipinski definition) is 1. The van der Waals surface area contributed by atoms with Crippen molar-refractivity contribution in [3.05, 3.63) is 68.8 Å². The van der Waals surface area contributed by atoms with Crippen molar-refractivity contribution in [2.24, 2.45) is 0 Å². The maximum absolute atomic E-state index is 13.8. The van der Waals surface area contributed by atoms with Gasteiger partial charge in [-0.25, -0.2) is 0 Å². The third kappa shape index (κ3) is 5.84. The number of carbonyl (C=O) groups is 2. The van der Waals surface area contributed by atoms with Gasteiger partial charge >= 0.3 is 0 Å². The van der Waals surface area contributed by atoms with E-state index in [4.69, 9.17) is 0 Å². The molecule has 0 bridgehead atoms. The largest absolute Gasteiger partial charge is 0.344 e. The molecule has 0 amide bonds. The standard InChI is InChI=1S/C26H36O4P2/c1-9-32(29,30)22(8)10-11-31(25(27)23-18(4)12-16(2)13-19(23)5)26(28)24-20(6)14-17(3)15-21(24)7/h12-15,22H,9-11H2,1-8H3,(H,29,30). The Morgan fingerprint density at radius 2 is 1.19 bits per heavy atom. The second-order valence-corrected chi connectivity index (χ2v) is 14.2. The van der Waals surface area contributed by atoms with E-state index in [1.54, 1.807) is 13.8 Å². The monoisotopic (exact) mass is 474 g/mol. The Balaban J connectivity index is 2.54. The molecule has 2 atom stereocenters. The van der Waals surface area contributed by atoms with Gasteiger partial charge in [0.2, 0.25) is 7.37 Å². The molecule has 1 N–H and O–H groups in total. The summed E-state index contributed by atoms with van der Waals surface area (Å²) in [5, 5.41) is 0. The van der Waals surface area contributed by atoms with Gasteiger partial charge in [-0.15, -0.1) is 0 Å². The predicted octanol–water partition coefficient (Wildman–Crippen LogP) is 7.07. The van der Waals surface area contributed by atoms with Gasteiger partial charge in [0.15, 0.2) is 11.0 Å². The Kier molecular flexibility index (Phi) is 8.79. The molecular weight excluding hydrogens is 438 g/mol. The van der Waals surface area contributed by atoms with E-state index in [0.717, 1.165) is 33.4 Å². The van der Waals surface area contributed by atoms with Gasteiger partial charge < -0.3 is 4.89 Å². The minimum absolute atomic E-state index is 0.129. The van der Waals surface area contributed by atoms with Crippen LogP contribution in [0.5, 0.6) is 0 Å². The first-order chi connectivity index (χ1) is 14.8. The first-order valence-electron chi connectivity index (χ1n) is 11.1. The summed E-state index contributed by atoms with van der Waals surface area (Å²) in [5.41, 5.74) is 6.19. The molecule has 0 aliphatic rings. The zero-order valence-electron chi connectivity index (χ0n) is 20.6. The van der Waals surface area contributed by atoms with Crippen molar-refractivity contribution in [2.75, 3.05) is 12.3 Å². The lowest BCUT2D eigenvalue weighted by Crippen LogP contribution is -2.16. The first kappa shape index (κ1) is 26.7. The molecule has 2 aromatic rings. The predicted molar refractivity (Wildman–Crippen MR) is 136 cm³/mol. The van der Waals surface area contributed by atoms with Crippen LogP contribution in [0.3, 0.4) is 0 Å². The Labute approximate surface area is 194 Å². The van der Waals surface area contributed by atoms with E-state index in [1.807, 2.05) is 65.8 Å². The average molecular weight is 475 g/mol. The number of rotatable bonds is 9. The van der Waals surface area contributed by atoms with Crippen LogP contribution in [0.1, 0.15) is 74.4 Å². The van der Waals surface area contributed by atoms with E-state index in [-0.39, 0.29) is 17.2 Å². The highest BCUT2D eigenvalue weighted by Gasteiger charge is 2.34. The van der Waals surface area contributed by atoms with Crippen molar-refractivity contribution in [3.63, 3.8) is 0 Å². The van der Waals surface area contributed by atoms with E-state index < -0.39 is 20.9 Å². The molecule has 0 saturated heterocycles. The maximum atomic E-state index is 13.8. The molecule has 0 radical (unpaired) electrons. The molecule has 0 spiro atoms. The third-order valence-electron chi connectivity index (χ3n) is 6.18. The van der Waals surface area contributed by atoms with Gasteiger partial charge in [-0.05, 0) is 76.4 Å². The van der Waals surface area contributed by atoms with Gasteiger partial charge in [0.25, 0.3) is 0 Å². The van der Waals surface area contributed by atoms with E-state index in [2.05, 4.69) is 0 Å².